The van der Waals surface area contributed by atoms with Crippen LogP contribution in [0.25, 0.3) is 0 Å². The Balaban J connectivity index is 1.35. The second kappa shape index (κ2) is 15.6. The number of benzene rings is 4. The van der Waals surface area contributed by atoms with E-state index in [9.17, 15) is 0 Å². The number of halogens is 1. The number of hydrogen-bond acceptors (Lipinski definition) is 8. The molecule has 2 heterocycles. The molecular weight excluding hydrogens is 663 g/mol. The molecule has 0 spiro atoms. The lowest BCUT2D eigenvalue weighted by molar-refractivity contribution is -0.0410. The molecule has 51 heavy (non-hydrogen) atoms. The Kier molecular flexibility index (Phi) is 11.4. The molecule has 0 saturated carbocycles. The molecule has 2 aliphatic heterocycles. The molecule has 2 saturated heterocycles. The topological polar surface area (TPSA) is 61.9 Å². The van der Waals surface area contributed by atoms with E-state index >= 15 is 0 Å². The van der Waals surface area contributed by atoms with Gasteiger partial charge in [-0.1, -0.05) is 72.3 Å². The lowest BCUT2D eigenvalue weighted by Crippen LogP contribution is -2.49. The number of hydrogen-bond donors (Lipinski definition) is 0. The Morgan fingerprint density at radius 2 is 1.27 bits per heavy atom. The van der Waals surface area contributed by atoms with E-state index < -0.39 is 23.9 Å². The lowest BCUT2D eigenvalue weighted by atomic mass is 9.79. The number of piperazine rings is 1. The molecule has 1 atom stereocenters. The van der Waals surface area contributed by atoms with Crippen molar-refractivity contribution in [2.45, 2.75) is 50.6 Å². The summed E-state index contributed by atoms with van der Waals surface area (Å²) in [6, 6.07) is 32.2. The van der Waals surface area contributed by atoms with Crippen LogP contribution in [0.2, 0.25) is 5.02 Å². The number of likely N-dealkylation sites (N-methyl/N-ethyl adjacent to an activating group) is 1. The third-order valence-electron chi connectivity index (χ3n) is 10.5. The predicted octanol–water partition coefficient (Wildman–Crippen LogP) is 6.66. The van der Waals surface area contributed by atoms with Gasteiger partial charge in [-0.3, -0.25) is 4.90 Å². The largest absolute Gasteiger partial charge is 0.497 e. The summed E-state index contributed by atoms with van der Waals surface area (Å²) < 4.78 is 37.8. The van der Waals surface area contributed by atoms with Gasteiger partial charge in [0.1, 0.15) is 29.0 Å². The summed E-state index contributed by atoms with van der Waals surface area (Å²) >= 11 is 6.97. The van der Waals surface area contributed by atoms with Crippen LogP contribution in [-0.4, -0.2) is 94.8 Å². The Morgan fingerprint density at radius 3 is 1.78 bits per heavy atom. The molecule has 6 rings (SSSR count). The van der Waals surface area contributed by atoms with Crippen molar-refractivity contribution in [3.05, 3.63) is 119 Å². The van der Waals surface area contributed by atoms with E-state index in [1.807, 2.05) is 88.4 Å². The van der Waals surface area contributed by atoms with Gasteiger partial charge in [0.2, 0.25) is 0 Å². The maximum Gasteiger partial charge on any atom is 0.494 e. The van der Waals surface area contributed by atoms with Gasteiger partial charge in [-0.05, 0) is 93.3 Å². The molecule has 2 fully saturated rings. The number of methoxy groups -OCH3 is 2. The van der Waals surface area contributed by atoms with Crippen LogP contribution in [0.1, 0.15) is 44.4 Å². The minimum absolute atomic E-state index is 0.272. The molecule has 4 aromatic carbocycles. The summed E-state index contributed by atoms with van der Waals surface area (Å²) in [7, 11) is 4.99. The quantitative estimate of drug-likeness (QED) is 0.113. The van der Waals surface area contributed by atoms with Gasteiger partial charge < -0.3 is 33.2 Å². The van der Waals surface area contributed by atoms with E-state index in [-0.39, 0.29) is 12.7 Å². The zero-order valence-electron chi connectivity index (χ0n) is 30.9. The highest BCUT2D eigenvalue weighted by molar-refractivity contribution is 6.62. The SMILES string of the molecule is COc1ccc(C(OCC(CN2CCN(C)CC2)Oc2ccc(B3OC(C)(C)C(C)(C)O3)cc2Cl)(c2ccccc2)c2ccc(OC)cc2)cc1. The summed E-state index contributed by atoms with van der Waals surface area (Å²) in [5.41, 5.74) is 1.87. The summed E-state index contributed by atoms with van der Waals surface area (Å²) in [5.74, 6) is 2.12. The normalized spacial score (nSPS) is 18.4. The maximum atomic E-state index is 7.30. The second-order valence-electron chi connectivity index (χ2n) is 14.4. The summed E-state index contributed by atoms with van der Waals surface area (Å²) in [6.45, 7) is 13.0. The number of nitrogens with zero attached hydrogens (tertiary/aromatic N) is 2. The van der Waals surface area contributed by atoms with Crippen molar-refractivity contribution in [1.29, 1.82) is 0 Å². The van der Waals surface area contributed by atoms with Crippen LogP contribution in [0.3, 0.4) is 0 Å². The molecule has 8 nitrogen and oxygen atoms in total. The first-order chi connectivity index (χ1) is 24.4. The second-order valence-corrected chi connectivity index (χ2v) is 14.8. The van der Waals surface area contributed by atoms with Gasteiger partial charge in [0.05, 0.1) is 37.1 Å². The molecular formula is C41H50BClN2O6. The first-order valence-corrected chi connectivity index (χ1v) is 18.0. The first kappa shape index (κ1) is 37.2. The van der Waals surface area contributed by atoms with E-state index in [2.05, 4.69) is 53.2 Å². The predicted molar refractivity (Wildman–Crippen MR) is 204 cm³/mol. The monoisotopic (exact) mass is 712 g/mol. The smallest absolute Gasteiger partial charge is 0.494 e. The van der Waals surface area contributed by atoms with Gasteiger partial charge in [-0.15, -0.1) is 0 Å². The molecule has 0 N–H and O–H groups in total. The minimum Gasteiger partial charge on any atom is -0.497 e. The molecule has 4 aromatic rings. The van der Waals surface area contributed by atoms with Gasteiger partial charge >= 0.3 is 7.12 Å². The third-order valence-corrected chi connectivity index (χ3v) is 10.8. The van der Waals surface area contributed by atoms with Crippen LogP contribution in [0.4, 0.5) is 0 Å². The Bertz CT molecular complexity index is 1670. The number of rotatable bonds is 13. The summed E-state index contributed by atoms with van der Waals surface area (Å²) in [6.07, 6.45) is -0.354. The van der Waals surface area contributed by atoms with Crippen molar-refractivity contribution >= 4 is 24.2 Å². The fourth-order valence-electron chi connectivity index (χ4n) is 6.65. The van der Waals surface area contributed by atoms with Crippen molar-refractivity contribution in [1.82, 2.24) is 9.80 Å². The van der Waals surface area contributed by atoms with Gasteiger partial charge in [-0.2, -0.15) is 0 Å². The van der Waals surface area contributed by atoms with Crippen LogP contribution < -0.4 is 19.7 Å². The Hall–Kier alpha value is -3.57. The zero-order valence-corrected chi connectivity index (χ0v) is 31.6. The van der Waals surface area contributed by atoms with E-state index in [1.165, 1.54) is 0 Å². The van der Waals surface area contributed by atoms with Gasteiger partial charge in [0.25, 0.3) is 0 Å². The average molecular weight is 713 g/mol. The molecule has 0 aliphatic carbocycles. The van der Waals surface area contributed by atoms with Gasteiger partial charge in [0, 0.05) is 32.7 Å². The van der Waals surface area contributed by atoms with E-state index in [1.54, 1.807) is 14.2 Å². The van der Waals surface area contributed by atoms with Crippen molar-refractivity contribution in [2.75, 3.05) is 60.6 Å². The van der Waals surface area contributed by atoms with Crippen LogP contribution in [0, 0.1) is 0 Å². The summed E-state index contributed by atoms with van der Waals surface area (Å²) in [4.78, 5) is 4.79. The molecule has 1 unspecified atom stereocenters. The lowest BCUT2D eigenvalue weighted by Gasteiger charge is -2.39. The molecule has 0 bridgehead atoms. The molecule has 2 aliphatic rings. The van der Waals surface area contributed by atoms with Crippen molar-refractivity contribution in [2.24, 2.45) is 0 Å². The van der Waals surface area contributed by atoms with Crippen molar-refractivity contribution < 1.29 is 28.3 Å². The minimum atomic E-state index is -0.978. The molecule has 270 valence electrons. The molecule has 10 heteroatoms. The highest BCUT2D eigenvalue weighted by atomic mass is 35.5. The van der Waals surface area contributed by atoms with Gasteiger partial charge in [-0.25, -0.2) is 0 Å². The highest BCUT2D eigenvalue weighted by Crippen LogP contribution is 2.42. The van der Waals surface area contributed by atoms with Crippen LogP contribution in [0.5, 0.6) is 17.2 Å². The molecule has 0 aromatic heterocycles. The molecule has 0 radical (unpaired) electrons. The zero-order chi connectivity index (χ0) is 36.2. The van der Waals surface area contributed by atoms with Gasteiger partial charge in [0.15, 0.2) is 0 Å². The van der Waals surface area contributed by atoms with Crippen LogP contribution in [0.15, 0.2) is 97.1 Å². The average Bonchev–Trinajstić information content (AvgIpc) is 3.36. The van der Waals surface area contributed by atoms with E-state index in [0.29, 0.717) is 17.3 Å². The van der Waals surface area contributed by atoms with Crippen LogP contribution >= 0.6 is 11.6 Å². The van der Waals surface area contributed by atoms with E-state index in [4.69, 9.17) is 39.9 Å². The molecule has 0 amide bonds. The third kappa shape index (κ3) is 8.09. The number of ether oxygens (including phenoxy) is 4. The van der Waals surface area contributed by atoms with Crippen molar-refractivity contribution in [3.8, 4) is 17.2 Å². The van der Waals surface area contributed by atoms with Crippen LogP contribution in [-0.2, 0) is 19.6 Å². The Morgan fingerprint density at radius 1 is 0.745 bits per heavy atom. The summed E-state index contributed by atoms with van der Waals surface area (Å²) in [5, 5.41) is 0.491. The fraction of sp³-hybridized carbons (Fsp3) is 0.415. The fourth-order valence-corrected chi connectivity index (χ4v) is 6.89. The van der Waals surface area contributed by atoms with E-state index in [0.717, 1.165) is 59.8 Å². The highest BCUT2D eigenvalue weighted by Gasteiger charge is 2.51. The Labute approximate surface area is 308 Å². The standard InChI is InChI=1S/C41H50BClN2O6/c1-39(2)40(3,4)51-42(50-39)33-17-22-38(37(43)27-33)49-36(28-45-25-23-44(5)24-26-45)29-48-41(30-11-9-8-10-12-30,31-13-18-34(46-6)19-14-31)32-15-20-35(47-7)21-16-32/h8-22,27,36H,23-26,28-29H2,1-7H3. The maximum absolute atomic E-state index is 7.30. The van der Waals surface area contributed by atoms with Crippen molar-refractivity contribution in [3.63, 3.8) is 0 Å². The first-order valence-electron chi connectivity index (χ1n) is 17.7.